The van der Waals surface area contributed by atoms with Gasteiger partial charge in [-0.2, -0.15) is 0 Å². The molecule has 2 saturated carbocycles. The molecule has 0 bridgehead atoms. The zero-order valence-corrected chi connectivity index (χ0v) is 12.9. The summed E-state index contributed by atoms with van der Waals surface area (Å²) in [5.74, 6) is 2.89. The molecule has 2 aliphatic rings. The highest BCUT2D eigenvalue weighted by molar-refractivity contribution is 7.10. The van der Waals surface area contributed by atoms with Crippen LogP contribution in [0.25, 0.3) is 0 Å². The molecule has 1 N–H and O–H groups in total. The van der Waals surface area contributed by atoms with Crippen LogP contribution in [0.3, 0.4) is 0 Å². The van der Waals surface area contributed by atoms with E-state index in [0.717, 1.165) is 17.8 Å². The van der Waals surface area contributed by atoms with Gasteiger partial charge in [0.1, 0.15) is 0 Å². The fraction of sp³-hybridized carbons (Fsp3) is 0.765. The van der Waals surface area contributed by atoms with Crippen LogP contribution in [0.5, 0.6) is 0 Å². The SMILES string of the molecule is CC1CCC(CCNC(c2cccs2)C2CC2)CC1. The molecule has 1 nitrogen and oxygen atoms in total. The second-order valence-electron chi connectivity index (χ2n) is 6.70. The maximum absolute atomic E-state index is 3.85. The van der Waals surface area contributed by atoms with E-state index in [0.29, 0.717) is 6.04 Å². The van der Waals surface area contributed by atoms with Crippen LogP contribution < -0.4 is 5.32 Å². The van der Waals surface area contributed by atoms with E-state index in [1.807, 2.05) is 11.3 Å². The lowest BCUT2D eigenvalue weighted by molar-refractivity contribution is 0.271. The summed E-state index contributed by atoms with van der Waals surface area (Å²) >= 11 is 1.92. The summed E-state index contributed by atoms with van der Waals surface area (Å²) in [6.45, 7) is 3.63. The minimum absolute atomic E-state index is 0.655. The average Bonchev–Trinajstić information content (AvgIpc) is 3.11. The Labute approximate surface area is 121 Å². The van der Waals surface area contributed by atoms with Crippen LogP contribution in [-0.4, -0.2) is 6.54 Å². The first-order chi connectivity index (χ1) is 9.33. The predicted octanol–water partition coefficient (Wildman–Crippen LogP) is 5.01. The van der Waals surface area contributed by atoms with Crippen molar-refractivity contribution in [1.82, 2.24) is 5.32 Å². The normalized spacial score (nSPS) is 29.3. The van der Waals surface area contributed by atoms with Gasteiger partial charge in [-0.1, -0.05) is 38.7 Å². The van der Waals surface area contributed by atoms with E-state index >= 15 is 0 Å². The number of rotatable bonds is 6. The van der Waals surface area contributed by atoms with E-state index in [2.05, 4.69) is 29.8 Å². The first kappa shape index (κ1) is 13.6. The quantitative estimate of drug-likeness (QED) is 0.771. The number of thiophene rings is 1. The van der Waals surface area contributed by atoms with Gasteiger partial charge in [0.25, 0.3) is 0 Å². The summed E-state index contributed by atoms with van der Waals surface area (Å²) in [5, 5.41) is 6.07. The van der Waals surface area contributed by atoms with Crippen molar-refractivity contribution >= 4 is 11.3 Å². The van der Waals surface area contributed by atoms with Gasteiger partial charge in [-0.25, -0.2) is 0 Å². The number of nitrogens with one attached hydrogen (secondary N) is 1. The van der Waals surface area contributed by atoms with Crippen molar-refractivity contribution in [2.45, 2.75) is 57.9 Å². The molecule has 106 valence electrons. The second kappa shape index (κ2) is 6.41. The Morgan fingerprint density at radius 3 is 2.63 bits per heavy atom. The minimum Gasteiger partial charge on any atom is -0.309 e. The summed E-state index contributed by atoms with van der Waals surface area (Å²) in [4.78, 5) is 1.56. The molecule has 1 aromatic heterocycles. The van der Waals surface area contributed by atoms with Crippen molar-refractivity contribution in [1.29, 1.82) is 0 Å². The molecule has 19 heavy (non-hydrogen) atoms. The lowest BCUT2D eigenvalue weighted by atomic mass is 9.81. The molecule has 1 aromatic rings. The van der Waals surface area contributed by atoms with Gasteiger partial charge in [0.2, 0.25) is 0 Å². The van der Waals surface area contributed by atoms with Gasteiger partial charge in [0, 0.05) is 10.9 Å². The Hall–Kier alpha value is -0.340. The van der Waals surface area contributed by atoms with Gasteiger partial charge < -0.3 is 5.32 Å². The van der Waals surface area contributed by atoms with Crippen molar-refractivity contribution in [2.75, 3.05) is 6.54 Å². The molecule has 3 rings (SSSR count). The summed E-state index contributed by atoms with van der Waals surface area (Å²) in [5.41, 5.74) is 0. The van der Waals surface area contributed by atoms with Gasteiger partial charge in [0.05, 0.1) is 0 Å². The zero-order valence-electron chi connectivity index (χ0n) is 12.1. The molecule has 0 aliphatic heterocycles. The van der Waals surface area contributed by atoms with E-state index in [-0.39, 0.29) is 0 Å². The largest absolute Gasteiger partial charge is 0.309 e. The molecule has 0 aromatic carbocycles. The minimum atomic E-state index is 0.655. The van der Waals surface area contributed by atoms with Crippen LogP contribution in [0.15, 0.2) is 17.5 Å². The first-order valence-corrected chi connectivity index (χ1v) is 8.97. The highest BCUT2D eigenvalue weighted by Crippen LogP contribution is 2.42. The van der Waals surface area contributed by atoms with Crippen molar-refractivity contribution in [2.24, 2.45) is 17.8 Å². The molecule has 0 radical (unpaired) electrons. The van der Waals surface area contributed by atoms with Crippen LogP contribution in [0.4, 0.5) is 0 Å². The van der Waals surface area contributed by atoms with Gasteiger partial charge >= 0.3 is 0 Å². The lowest BCUT2D eigenvalue weighted by Gasteiger charge is -2.27. The molecule has 1 unspecified atom stereocenters. The Bertz CT molecular complexity index is 361. The van der Waals surface area contributed by atoms with Crippen molar-refractivity contribution in [3.63, 3.8) is 0 Å². The van der Waals surface area contributed by atoms with Crippen molar-refractivity contribution in [3.8, 4) is 0 Å². The standard InChI is InChI=1S/C17H27NS/c1-13-4-6-14(7-5-13)10-11-18-17(15-8-9-15)16-3-2-12-19-16/h2-3,12-15,17-18H,4-11H2,1H3. The number of hydrogen-bond donors (Lipinski definition) is 1. The van der Waals surface area contributed by atoms with Crippen molar-refractivity contribution in [3.05, 3.63) is 22.4 Å². The Morgan fingerprint density at radius 2 is 2.00 bits per heavy atom. The molecule has 2 fully saturated rings. The highest BCUT2D eigenvalue weighted by atomic mass is 32.1. The maximum Gasteiger partial charge on any atom is 0.0443 e. The third-order valence-corrected chi connectivity index (χ3v) is 5.95. The Balaban J connectivity index is 1.43. The molecule has 0 amide bonds. The molecule has 2 heteroatoms. The van der Waals surface area contributed by atoms with Crippen LogP contribution in [0, 0.1) is 17.8 Å². The topological polar surface area (TPSA) is 12.0 Å². The monoisotopic (exact) mass is 277 g/mol. The zero-order chi connectivity index (χ0) is 13.1. The fourth-order valence-corrected chi connectivity index (χ4v) is 4.35. The molecular formula is C17H27NS. The highest BCUT2D eigenvalue weighted by Gasteiger charge is 2.32. The molecule has 2 aliphatic carbocycles. The molecule has 1 heterocycles. The average molecular weight is 277 g/mol. The fourth-order valence-electron chi connectivity index (χ4n) is 3.46. The first-order valence-electron chi connectivity index (χ1n) is 8.09. The summed E-state index contributed by atoms with van der Waals surface area (Å²) in [6, 6.07) is 5.16. The smallest absolute Gasteiger partial charge is 0.0443 e. The lowest BCUT2D eigenvalue weighted by Crippen LogP contribution is -2.26. The van der Waals surface area contributed by atoms with Gasteiger partial charge in [0.15, 0.2) is 0 Å². The molecule has 0 saturated heterocycles. The summed E-state index contributed by atoms with van der Waals surface area (Å²) in [6.07, 6.45) is 10.1. The summed E-state index contributed by atoms with van der Waals surface area (Å²) in [7, 11) is 0. The maximum atomic E-state index is 3.85. The van der Waals surface area contributed by atoms with Crippen molar-refractivity contribution < 1.29 is 0 Å². The third kappa shape index (κ3) is 3.82. The molecule has 0 spiro atoms. The van der Waals surface area contributed by atoms with E-state index in [1.54, 1.807) is 4.88 Å². The van der Waals surface area contributed by atoms with Gasteiger partial charge in [-0.15, -0.1) is 11.3 Å². The number of hydrogen-bond acceptors (Lipinski definition) is 2. The van der Waals surface area contributed by atoms with E-state index in [4.69, 9.17) is 0 Å². The van der Waals surface area contributed by atoms with Gasteiger partial charge in [-0.05, 0) is 55.0 Å². The van der Waals surface area contributed by atoms with E-state index in [1.165, 1.54) is 51.5 Å². The Morgan fingerprint density at radius 1 is 1.21 bits per heavy atom. The second-order valence-corrected chi connectivity index (χ2v) is 7.68. The van der Waals surface area contributed by atoms with E-state index < -0.39 is 0 Å². The van der Waals surface area contributed by atoms with Crippen LogP contribution >= 0.6 is 11.3 Å². The Kier molecular flexibility index (Phi) is 4.60. The van der Waals surface area contributed by atoms with Crippen LogP contribution in [-0.2, 0) is 0 Å². The molecule has 1 atom stereocenters. The van der Waals surface area contributed by atoms with Crippen LogP contribution in [0.1, 0.15) is 62.8 Å². The third-order valence-electron chi connectivity index (χ3n) is 5.00. The molecular weight excluding hydrogens is 250 g/mol. The predicted molar refractivity (Wildman–Crippen MR) is 83.5 cm³/mol. The van der Waals surface area contributed by atoms with E-state index in [9.17, 15) is 0 Å². The van der Waals surface area contributed by atoms with Crippen LogP contribution in [0.2, 0.25) is 0 Å². The van der Waals surface area contributed by atoms with Gasteiger partial charge in [-0.3, -0.25) is 0 Å². The summed E-state index contributed by atoms with van der Waals surface area (Å²) < 4.78 is 0.